The maximum Gasteiger partial charge on any atom is 0.417 e. The highest BCUT2D eigenvalue weighted by Crippen LogP contribution is 2.30. The molecule has 8 heteroatoms. The van der Waals surface area contributed by atoms with E-state index in [9.17, 15) is 22.8 Å². The van der Waals surface area contributed by atoms with E-state index in [-0.39, 0.29) is 12.1 Å². The third kappa shape index (κ3) is 5.44. The summed E-state index contributed by atoms with van der Waals surface area (Å²) < 4.78 is 38.5. The van der Waals surface area contributed by atoms with Crippen LogP contribution >= 0.6 is 0 Å². The first-order valence-corrected chi connectivity index (χ1v) is 7.60. The van der Waals surface area contributed by atoms with Crippen LogP contribution in [0.3, 0.4) is 0 Å². The minimum absolute atomic E-state index is 0.177. The third-order valence-electron chi connectivity index (χ3n) is 3.38. The van der Waals surface area contributed by atoms with Gasteiger partial charge in [0.25, 0.3) is 11.8 Å². The molecule has 0 atom stereocenters. The normalized spacial score (nSPS) is 11.4. The maximum absolute atomic E-state index is 12.8. The lowest BCUT2D eigenvalue weighted by Gasteiger charge is -2.09. The highest BCUT2D eigenvalue weighted by Gasteiger charge is 2.32. The number of hydrazone groups is 1. The van der Waals surface area contributed by atoms with Gasteiger partial charge in [-0.1, -0.05) is 35.9 Å². The minimum atomic E-state index is -4.52. The fourth-order valence-electron chi connectivity index (χ4n) is 2.05. The van der Waals surface area contributed by atoms with Gasteiger partial charge in [0.05, 0.1) is 18.3 Å². The second kappa shape index (κ2) is 8.28. The predicted octanol–water partition coefficient (Wildman–Crippen LogP) is 2.89. The molecular weight excluding hydrogens is 347 g/mol. The van der Waals surface area contributed by atoms with Crippen LogP contribution in [0.25, 0.3) is 0 Å². The second-order valence-electron chi connectivity index (χ2n) is 5.43. The first-order valence-electron chi connectivity index (χ1n) is 7.60. The summed E-state index contributed by atoms with van der Waals surface area (Å²) >= 11 is 0. The van der Waals surface area contributed by atoms with Gasteiger partial charge in [0.2, 0.25) is 0 Å². The number of benzene rings is 2. The Bertz CT molecular complexity index is 815. The van der Waals surface area contributed by atoms with Crippen LogP contribution in [0.1, 0.15) is 27.0 Å². The fourth-order valence-corrected chi connectivity index (χ4v) is 2.05. The van der Waals surface area contributed by atoms with Crippen LogP contribution in [0, 0.1) is 6.92 Å². The minimum Gasteiger partial charge on any atom is -0.343 e. The summed E-state index contributed by atoms with van der Waals surface area (Å²) in [6, 6.07) is 11.6. The molecule has 5 nitrogen and oxygen atoms in total. The van der Waals surface area contributed by atoms with Crippen molar-refractivity contribution in [2.24, 2.45) is 5.10 Å². The van der Waals surface area contributed by atoms with E-state index in [0.29, 0.717) is 5.56 Å². The predicted molar refractivity (Wildman–Crippen MR) is 90.7 cm³/mol. The van der Waals surface area contributed by atoms with E-state index < -0.39 is 23.6 Å². The number of amides is 2. The Hall–Kier alpha value is -3.16. The summed E-state index contributed by atoms with van der Waals surface area (Å²) in [4.78, 5) is 23.5. The van der Waals surface area contributed by atoms with Crippen LogP contribution in [0.5, 0.6) is 0 Å². The molecule has 0 heterocycles. The smallest absolute Gasteiger partial charge is 0.343 e. The SMILES string of the molecule is Cc1ccc(C(=O)NCC(=O)N/N=C/c2ccccc2C(F)(F)F)cc1. The molecule has 0 aliphatic carbocycles. The van der Waals surface area contributed by atoms with E-state index >= 15 is 0 Å². The summed E-state index contributed by atoms with van der Waals surface area (Å²) in [6.07, 6.45) is -3.61. The van der Waals surface area contributed by atoms with E-state index in [0.717, 1.165) is 17.8 Å². The lowest BCUT2D eigenvalue weighted by atomic mass is 10.1. The topological polar surface area (TPSA) is 70.6 Å². The van der Waals surface area contributed by atoms with E-state index in [2.05, 4.69) is 15.8 Å². The first-order chi connectivity index (χ1) is 12.3. The molecule has 0 radical (unpaired) electrons. The summed E-state index contributed by atoms with van der Waals surface area (Å²) in [5.74, 6) is -1.10. The van der Waals surface area contributed by atoms with Crippen LogP contribution in [0.15, 0.2) is 53.6 Å². The lowest BCUT2D eigenvalue weighted by molar-refractivity contribution is -0.137. The van der Waals surface area contributed by atoms with Gasteiger partial charge in [-0.3, -0.25) is 9.59 Å². The molecule has 0 aliphatic heterocycles. The largest absolute Gasteiger partial charge is 0.417 e. The van der Waals surface area contributed by atoms with Gasteiger partial charge in [0, 0.05) is 11.1 Å². The Kier molecular flexibility index (Phi) is 6.11. The zero-order chi connectivity index (χ0) is 19.2. The Morgan fingerprint density at radius 1 is 1.08 bits per heavy atom. The molecule has 26 heavy (non-hydrogen) atoms. The van der Waals surface area contributed by atoms with Crippen LogP contribution < -0.4 is 10.7 Å². The molecule has 2 amide bonds. The molecule has 0 saturated heterocycles. The summed E-state index contributed by atoms with van der Waals surface area (Å²) in [5, 5.41) is 5.90. The van der Waals surface area contributed by atoms with E-state index in [1.807, 2.05) is 6.92 Å². The number of carbonyl (C=O) groups excluding carboxylic acids is 2. The number of halogens is 3. The molecule has 0 fully saturated rings. The lowest BCUT2D eigenvalue weighted by Crippen LogP contribution is -2.34. The number of nitrogens with zero attached hydrogens (tertiary/aromatic N) is 1. The summed E-state index contributed by atoms with van der Waals surface area (Å²) in [5.41, 5.74) is 2.43. The van der Waals surface area contributed by atoms with Gasteiger partial charge in [0.15, 0.2) is 0 Å². The van der Waals surface area contributed by atoms with Crippen molar-refractivity contribution < 1.29 is 22.8 Å². The quantitative estimate of drug-likeness (QED) is 0.633. The van der Waals surface area contributed by atoms with E-state index in [4.69, 9.17) is 0 Å². The Morgan fingerprint density at radius 2 is 1.73 bits per heavy atom. The zero-order valence-corrected chi connectivity index (χ0v) is 13.8. The van der Waals surface area contributed by atoms with Crippen LogP contribution in [-0.4, -0.2) is 24.6 Å². The van der Waals surface area contributed by atoms with Crippen molar-refractivity contribution in [2.45, 2.75) is 13.1 Å². The van der Waals surface area contributed by atoms with Gasteiger partial charge in [-0.25, -0.2) is 5.43 Å². The van der Waals surface area contributed by atoms with Gasteiger partial charge in [-0.15, -0.1) is 0 Å². The van der Waals surface area contributed by atoms with Gasteiger partial charge in [0.1, 0.15) is 0 Å². The molecule has 0 aliphatic rings. The van der Waals surface area contributed by atoms with Gasteiger partial charge >= 0.3 is 6.18 Å². The van der Waals surface area contributed by atoms with Gasteiger partial charge in [-0.2, -0.15) is 18.3 Å². The first kappa shape index (κ1) is 19.2. The standard InChI is InChI=1S/C18H16F3N3O2/c1-12-6-8-13(9-7-12)17(26)22-11-16(25)24-23-10-14-4-2-3-5-15(14)18(19,20)21/h2-10H,11H2,1H3,(H,22,26)(H,24,25)/b23-10+. The number of aryl methyl sites for hydroxylation is 1. The Labute approximate surface area is 147 Å². The van der Waals surface area contributed by atoms with Crippen molar-refractivity contribution in [3.63, 3.8) is 0 Å². The number of alkyl halides is 3. The molecule has 2 aromatic rings. The number of hydrogen-bond acceptors (Lipinski definition) is 3. The number of nitrogens with one attached hydrogen (secondary N) is 2. The fraction of sp³-hybridized carbons (Fsp3) is 0.167. The van der Waals surface area contributed by atoms with Crippen molar-refractivity contribution in [1.82, 2.24) is 10.7 Å². The third-order valence-corrected chi connectivity index (χ3v) is 3.38. The molecule has 0 saturated carbocycles. The molecule has 0 aromatic heterocycles. The van der Waals surface area contributed by atoms with Crippen LogP contribution in [0.4, 0.5) is 13.2 Å². The number of hydrogen-bond donors (Lipinski definition) is 2. The monoisotopic (exact) mass is 363 g/mol. The van der Waals surface area contributed by atoms with Crippen molar-refractivity contribution in [2.75, 3.05) is 6.54 Å². The Balaban J connectivity index is 1.88. The van der Waals surface area contributed by atoms with Crippen LogP contribution in [-0.2, 0) is 11.0 Å². The Morgan fingerprint density at radius 3 is 2.38 bits per heavy atom. The molecule has 2 N–H and O–H groups in total. The van der Waals surface area contributed by atoms with Gasteiger partial charge in [-0.05, 0) is 25.1 Å². The maximum atomic E-state index is 12.8. The highest BCUT2D eigenvalue weighted by molar-refractivity contribution is 5.96. The van der Waals surface area contributed by atoms with Crippen molar-refractivity contribution in [1.29, 1.82) is 0 Å². The van der Waals surface area contributed by atoms with Crippen LogP contribution in [0.2, 0.25) is 0 Å². The van der Waals surface area contributed by atoms with E-state index in [1.165, 1.54) is 18.2 Å². The molecule has 136 valence electrons. The molecular formula is C18H16F3N3O2. The second-order valence-corrected chi connectivity index (χ2v) is 5.43. The highest BCUT2D eigenvalue weighted by atomic mass is 19.4. The average Bonchev–Trinajstić information content (AvgIpc) is 2.60. The van der Waals surface area contributed by atoms with Gasteiger partial charge < -0.3 is 5.32 Å². The summed E-state index contributed by atoms with van der Waals surface area (Å²) in [7, 11) is 0. The molecule has 0 spiro atoms. The zero-order valence-electron chi connectivity index (χ0n) is 13.8. The summed E-state index contributed by atoms with van der Waals surface area (Å²) in [6.45, 7) is 1.52. The van der Waals surface area contributed by atoms with Crippen molar-refractivity contribution in [3.8, 4) is 0 Å². The molecule has 0 unspecified atom stereocenters. The van der Waals surface area contributed by atoms with Crippen molar-refractivity contribution >= 4 is 18.0 Å². The number of rotatable bonds is 5. The molecule has 2 aromatic carbocycles. The van der Waals surface area contributed by atoms with Crippen molar-refractivity contribution in [3.05, 3.63) is 70.8 Å². The average molecular weight is 363 g/mol. The van der Waals surface area contributed by atoms with E-state index in [1.54, 1.807) is 24.3 Å². The molecule has 2 rings (SSSR count). The number of carbonyl (C=O) groups is 2. The molecule has 0 bridgehead atoms.